The predicted molar refractivity (Wildman–Crippen MR) is 86.2 cm³/mol. The minimum atomic E-state index is -2.34. The zero-order valence-corrected chi connectivity index (χ0v) is 17.8. The Bertz CT molecular complexity index is 395. The third kappa shape index (κ3) is 5.72. The molecule has 0 aromatic heterocycles. The minimum Gasteiger partial charge on any atom is -1.00 e. The zero-order valence-electron chi connectivity index (χ0n) is 13.8. The fourth-order valence-electron chi connectivity index (χ4n) is 3.38. The van der Waals surface area contributed by atoms with Crippen LogP contribution in [0.5, 0.6) is 0 Å². The van der Waals surface area contributed by atoms with Gasteiger partial charge in [-0.15, -0.1) is 0 Å². The first kappa shape index (κ1) is 26.0. The van der Waals surface area contributed by atoms with E-state index in [1.807, 2.05) is 0 Å². The molecule has 0 bridgehead atoms. The molecule has 0 fully saturated rings. The topological polar surface area (TPSA) is 12.0 Å². The Morgan fingerprint density at radius 3 is 1.60 bits per heavy atom. The summed E-state index contributed by atoms with van der Waals surface area (Å²) in [4.78, 5) is 0. The van der Waals surface area contributed by atoms with Crippen LogP contribution in [0.4, 0.5) is 0 Å². The molecule has 0 aromatic carbocycles. The average molecular weight is 418 g/mol. The molecule has 0 heterocycles. The molecular weight excluding hydrogens is 384 g/mol. The molecule has 5 heteroatoms. The van der Waals surface area contributed by atoms with E-state index >= 15 is 0 Å². The van der Waals surface area contributed by atoms with E-state index in [4.69, 9.17) is 0 Å². The van der Waals surface area contributed by atoms with Gasteiger partial charge in [-0.25, -0.2) is 0 Å². The standard InChI is InChI=1S/C9H13.C4H10N.2CH3.2ClH.H4Si.Zr/c1-6-5-7(2)9(4)8(6)3;1-4(2,3)5;;;;;;/h6H,1-4H3;5H,1-3H3;2*1H3;2*1H;1H4;/q;-1;;;;;;+3/p-2. The molecule has 0 saturated carbocycles. The molecule has 1 aliphatic carbocycles. The molecule has 120 valence electrons. The van der Waals surface area contributed by atoms with E-state index in [-0.39, 0.29) is 41.3 Å². The van der Waals surface area contributed by atoms with Gasteiger partial charge in [-0.3, -0.25) is 0 Å². The van der Waals surface area contributed by atoms with E-state index in [2.05, 4.69) is 61.0 Å². The van der Waals surface area contributed by atoms with Crippen molar-refractivity contribution in [2.24, 2.45) is 5.92 Å². The normalized spacial score (nSPS) is 18.6. The monoisotopic (exact) mass is 415 g/mol. The number of halogens is 2. The zero-order chi connectivity index (χ0) is 13.6. The number of nitrogens with one attached hydrogen (secondary N) is 1. The van der Waals surface area contributed by atoms with Crippen LogP contribution in [-0.4, -0.2) is 16.5 Å². The van der Waals surface area contributed by atoms with Crippen molar-refractivity contribution in [3.63, 3.8) is 0 Å². The van der Waals surface area contributed by atoms with Crippen LogP contribution in [0, 0.1) is 5.92 Å². The molecule has 1 atom stereocenters. The van der Waals surface area contributed by atoms with Crippen molar-refractivity contribution in [2.45, 2.75) is 63.3 Å². The first-order valence-corrected chi connectivity index (χ1v) is 14.0. The molecule has 0 radical (unpaired) electrons. The smallest absolute Gasteiger partial charge is 0.0149 e. The maximum absolute atomic E-state index is 3.96. The molecule has 1 nitrogen and oxygen atoms in total. The van der Waals surface area contributed by atoms with Crippen LogP contribution in [-0.2, 0) is 20.6 Å². The van der Waals surface area contributed by atoms with Crippen LogP contribution in [0.3, 0.4) is 0 Å². The van der Waals surface area contributed by atoms with Crippen molar-refractivity contribution in [1.82, 2.24) is 3.26 Å². The minimum absolute atomic E-state index is 0. The van der Waals surface area contributed by atoms with Crippen molar-refractivity contribution in [2.75, 3.05) is 0 Å². The summed E-state index contributed by atoms with van der Waals surface area (Å²) in [5.74, 6) is 0.663. The summed E-state index contributed by atoms with van der Waals surface area (Å²) in [6, 6.07) is 0. The Morgan fingerprint density at radius 2 is 1.35 bits per heavy atom. The van der Waals surface area contributed by atoms with Crippen LogP contribution in [0.25, 0.3) is 0 Å². The molecule has 0 amide bonds. The summed E-state index contributed by atoms with van der Waals surface area (Å²) < 4.78 is 10.8. The van der Waals surface area contributed by atoms with E-state index in [0.717, 1.165) is 0 Å². The second-order valence-corrected chi connectivity index (χ2v) is 17.0. The van der Waals surface area contributed by atoms with Gasteiger partial charge in [-0.05, 0) is 11.0 Å². The van der Waals surface area contributed by atoms with E-state index in [0.29, 0.717) is 5.92 Å². The SMILES string of the molecule is CC1=C(C)C(C)[C]([Zr+2]([CH3])([CH3])[NH]C(C)(C)C)=C1C.[Cl-].[Cl-].[SiH4]. The number of hydrogen-bond acceptors (Lipinski definition) is 1. The summed E-state index contributed by atoms with van der Waals surface area (Å²) in [7, 11) is 0. The molecule has 0 aromatic rings. The van der Waals surface area contributed by atoms with Crippen molar-refractivity contribution in [1.29, 1.82) is 0 Å². The van der Waals surface area contributed by atoms with Gasteiger partial charge >= 0.3 is 113 Å². The van der Waals surface area contributed by atoms with E-state index in [1.54, 1.807) is 14.4 Å². The molecule has 0 aliphatic heterocycles. The summed E-state index contributed by atoms with van der Waals surface area (Å²) in [6.45, 7) is 16.1. The molecule has 0 saturated heterocycles. The fraction of sp³-hybridized carbons (Fsp3) is 0.733. The van der Waals surface area contributed by atoms with E-state index in [1.165, 1.54) is 5.57 Å². The Hall–Kier alpha value is 1.12. The third-order valence-electron chi connectivity index (χ3n) is 4.00. The molecule has 1 aliphatic rings. The van der Waals surface area contributed by atoms with Crippen LogP contribution < -0.4 is 28.1 Å². The van der Waals surface area contributed by atoms with Gasteiger partial charge < -0.3 is 24.8 Å². The molecule has 20 heavy (non-hydrogen) atoms. The van der Waals surface area contributed by atoms with Gasteiger partial charge in [-0.1, -0.05) is 0 Å². The van der Waals surface area contributed by atoms with Crippen molar-refractivity contribution in [3.05, 3.63) is 20.0 Å². The maximum Gasteiger partial charge on any atom is -0.0149 e. The summed E-state index contributed by atoms with van der Waals surface area (Å²) >= 11 is -2.34. The van der Waals surface area contributed by atoms with E-state index in [9.17, 15) is 0 Å². The second-order valence-electron chi connectivity index (χ2n) is 7.07. The third-order valence-corrected chi connectivity index (χ3v) is 12.7. The first-order valence-electron chi connectivity index (χ1n) is 6.65. The Labute approximate surface area is 148 Å². The van der Waals surface area contributed by atoms with E-state index < -0.39 is 20.6 Å². The predicted octanol–water partition coefficient (Wildman–Crippen LogP) is -2.64. The molecule has 1 rings (SSSR count). The summed E-state index contributed by atoms with van der Waals surface area (Å²) in [5, 5.41) is 0. The molecular formula is C15H33Cl2NSiZr. The first-order chi connectivity index (χ1) is 7.47. The Balaban J connectivity index is -0.000000963. The largest absolute Gasteiger partial charge is 1.00 e. The van der Waals surface area contributed by atoms with Crippen molar-refractivity contribution >= 4 is 11.0 Å². The van der Waals surface area contributed by atoms with Crippen molar-refractivity contribution in [3.8, 4) is 0 Å². The fourth-order valence-corrected chi connectivity index (χ4v) is 14.3. The Kier molecular flexibility index (Phi) is 11.3. The summed E-state index contributed by atoms with van der Waals surface area (Å²) in [6.07, 6.45) is 0. The van der Waals surface area contributed by atoms with Gasteiger partial charge in [0, 0.05) is 0 Å². The number of hydrogen-bond donors (Lipinski definition) is 1. The number of rotatable bonds is 2. The number of allylic oxidation sites excluding steroid dienone is 4. The maximum atomic E-state index is 3.96. The van der Waals surface area contributed by atoms with Gasteiger partial charge in [0.25, 0.3) is 0 Å². The van der Waals surface area contributed by atoms with Gasteiger partial charge in [0.2, 0.25) is 0 Å². The molecule has 0 spiro atoms. The van der Waals surface area contributed by atoms with Crippen LogP contribution in [0.2, 0.25) is 9.26 Å². The van der Waals surface area contributed by atoms with Crippen LogP contribution >= 0.6 is 0 Å². The van der Waals surface area contributed by atoms with Gasteiger partial charge in [0.15, 0.2) is 0 Å². The average Bonchev–Trinajstić information content (AvgIpc) is 2.27. The molecule has 1 N–H and O–H groups in total. The summed E-state index contributed by atoms with van der Waals surface area (Å²) in [5.41, 5.74) is 4.93. The van der Waals surface area contributed by atoms with Gasteiger partial charge in [0.05, 0.1) is 0 Å². The second kappa shape index (κ2) is 8.67. The van der Waals surface area contributed by atoms with Gasteiger partial charge in [0.1, 0.15) is 0 Å². The molecule has 1 unspecified atom stereocenters. The Morgan fingerprint density at radius 1 is 0.950 bits per heavy atom. The van der Waals surface area contributed by atoms with Crippen LogP contribution in [0.1, 0.15) is 48.5 Å². The van der Waals surface area contributed by atoms with Gasteiger partial charge in [-0.2, -0.15) is 0 Å². The quantitative estimate of drug-likeness (QED) is 0.485. The van der Waals surface area contributed by atoms with Crippen molar-refractivity contribution < 1.29 is 45.4 Å². The van der Waals surface area contributed by atoms with Crippen LogP contribution in [0.15, 0.2) is 20.0 Å².